The van der Waals surface area contributed by atoms with Crippen molar-refractivity contribution in [2.75, 3.05) is 5.73 Å². The number of aromatic nitrogens is 4. The number of nitrogen functional groups attached to an aromatic ring is 1. The first-order valence-corrected chi connectivity index (χ1v) is 6.26. The van der Waals surface area contributed by atoms with Gasteiger partial charge in [-0.1, -0.05) is 5.92 Å². The van der Waals surface area contributed by atoms with E-state index in [1.165, 1.54) is 6.33 Å². The van der Waals surface area contributed by atoms with Crippen molar-refractivity contribution < 1.29 is 9.50 Å². The molecule has 20 heavy (non-hydrogen) atoms. The topological polar surface area (TPSA) is 89.9 Å². The molecule has 0 aromatic carbocycles. The van der Waals surface area contributed by atoms with Crippen LogP contribution in [-0.4, -0.2) is 30.7 Å². The Kier molecular flexibility index (Phi) is 2.66. The molecule has 0 radical (unpaired) electrons. The van der Waals surface area contributed by atoms with Gasteiger partial charge < -0.3 is 15.4 Å². The van der Waals surface area contributed by atoms with E-state index in [1.54, 1.807) is 4.57 Å². The lowest BCUT2D eigenvalue weighted by Gasteiger charge is -2.20. The summed E-state index contributed by atoms with van der Waals surface area (Å²) in [6.45, 7) is 1.83. The summed E-state index contributed by atoms with van der Waals surface area (Å²) >= 11 is 0. The monoisotopic (exact) mass is 275 g/mol. The second-order valence-electron chi connectivity index (χ2n) is 5.37. The number of rotatable bonds is 1. The normalized spacial score (nSPS) is 29.7. The second kappa shape index (κ2) is 4.15. The minimum absolute atomic E-state index is 0.00417. The highest BCUT2D eigenvalue weighted by atomic mass is 19.1. The van der Waals surface area contributed by atoms with E-state index >= 15 is 0 Å². The molecule has 7 heteroatoms. The van der Waals surface area contributed by atoms with Gasteiger partial charge in [-0.3, -0.25) is 0 Å². The number of anilines is 1. The maximum Gasteiger partial charge on any atom is 0.312 e. The van der Waals surface area contributed by atoms with Gasteiger partial charge in [-0.15, -0.1) is 6.42 Å². The van der Waals surface area contributed by atoms with Crippen molar-refractivity contribution in [1.82, 2.24) is 19.5 Å². The van der Waals surface area contributed by atoms with Crippen LogP contribution in [0.3, 0.4) is 0 Å². The average Bonchev–Trinajstić information content (AvgIpc) is 2.92. The second-order valence-corrected chi connectivity index (χ2v) is 5.37. The molecular weight excluding hydrogens is 261 g/mol. The number of halogens is 1. The van der Waals surface area contributed by atoms with Crippen LogP contribution in [0.4, 0.5) is 10.2 Å². The summed E-state index contributed by atoms with van der Waals surface area (Å²) < 4.78 is 15.0. The summed E-state index contributed by atoms with van der Waals surface area (Å²) in [5, 5.41) is 10.1. The third-order valence-electron chi connectivity index (χ3n) is 4.03. The van der Waals surface area contributed by atoms with Crippen molar-refractivity contribution in [1.29, 1.82) is 0 Å². The Morgan fingerprint density at radius 1 is 1.60 bits per heavy atom. The van der Waals surface area contributed by atoms with Gasteiger partial charge in [0, 0.05) is 6.04 Å². The summed E-state index contributed by atoms with van der Waals surface area (Å²) in [6, 6.07) is -0.0928. The molecule has 3 N–H and O–H groups in total. The molecule has 1 aliphatic carbocycles. The summed E-state index contributed by atoms with van der Waals surface area (Å²) in [7, 11) is 0. The zero-order valence-corrected chi connectivity index (χ0v) is 10.9. The van der Waals surface area contributed by atoms with Crippen molar-refractivity contribution in [3.8, 4) is 12.3 Å². The molecule has 3 rings (SSSR count). The van der Waals surface area contributed by atoms with Gasteiger partial charge in [0.15, 0.2) is 11.5 Å². The molecule has 104 valence electrons. The predicted molar refractivity (Wildman–Crippen MR) is 70.9 cm³/mol. The molecule has 0 saturated heterocycles. The van der Waals surface area contributed by atoms with Crippen LogP contribution in [-0.2, 0) is 0 Å². The zero-order chi connectivity index (χ0) is 14.5. The van der Waals surface area contributed by atoms with E-state index in [0.717, 1.165) is 0 Å². The molecule has 2 aromatic rings. The number of hydrogen-bond donors (Lipinski definition) is 2. The largest absolute Gasteiger partial charge is 0.391 e. The van der Waals surface area contributed by atoms with Crippen LogP contribution in [0.1, 0.15) is 25.8 Å². The van der Waals surface area contributed by atoms with Crippen LogP contribution in [0.25, 0.3) is 11.2 Å². The van der Waals surface area contributed by atoms with Crippen molar-refractivity contribution >= 4 is 17.0 Å². The van der Waals surface area contributed by atoms with Gasteiger partial charge in [0.05, 0.1) is 17.8 Å². The standard InChI is InChI=1S/C13H14FN5O/c1-3-13(2)5-7(4-8(13)20)19-6-16-9-10(15)17-12(14)18-11(9)19/h1,6-8,20H,4-5H2,2H3,(H2,15,17,18)/t7-,8-,13+/m1/s1. The number of aliphatic hydroxyl groups excluding tert-OH is 1. The SMILES string of the molecule is C#C[C@@]1(C)C[C@H](n2cnc3c(N)nc(F)nc32)C[C@H]1O. The highest BCUT2D eigenvalue weighted by molar-refractivity contribution is 5.81. The predicted octanol–water partition coefficient (Wildman–Crippen LogP) is 0.883. The van der Waals surface area contributed by atoms with Gasteiger partial charge in [0.25, 0.3) is 0 Å². The Morgan fingerprint density at radius 3 is 3.00 bits per heavy atom. The van der Waals surface area contributed by atoms with E-state index < -0.39 is 17.6 Å². The molecule has 0 spiro atoms. The van der Waals surface area contributed by atoms with E-state index in [1.807, 2.05) is 6.92 Å². The number of imidazole rings is 1. The Labute approximate surface area is 114 Å². The lowest BCUT2D eigenvalue weighted by atomic mass is 9.88. The fourth-order valence-electron chi connectivity index (χ4n) is 2.77. The van der Waals surface area contributed by atoms with E-state index in [4.69, 9.17) is 12.2 Å². The molecular formula is C13H14FN5O. The first kappa shape index (κ1) is 12.8. The van der Waals surface area contributed by atoms with Crippen LogP contribution < -0.4 is 5.73 Å². The Balaban J connectivity index is 2.07. The van der Waals surface area contributed by atoms with Crippen molar-refractivity contribution in [2.24, 2.45) is 5.41 Å². The van der Waals surface area contributed by atoms with E-state index in [9.17, 15) is 9.50 Å². The molecule has 0 unspecified atom stereocenters. The van der Waals surface area contributed by atoms with Crippen LogP contribution in [0.5, 0.6) is 0 Å². The van der Waals surface area contributed by atoms with Gasteiger partial charge in [-0.25, -0.2) is 4.98 Å². The van der Waals surface area contributed by atoms with Crippen molar-refractivity contribution in [3.63, 3.8) is 0 Å². The summed E-state index contributed by atoms with van der Waals surface area (Å²) in [5.74, 6) is 2.64. The molecule has 6 nitrogen and oxygen atoms in total. The summed E-state index contributed by atoms with van der Waals surface area (Å²) in [4.78, 5) is 11.3. The van der Waals surface area contributed by atoms with Gasteiger partial charge in [0.2, 0.25) is 0 Å². The van der Waals surface area contributed by atoms with Crippen LogP contribution in [0, 0.1) is 23.8 Å². The molecule has 2 heterocycles. The maximum absolute atomic E-state index is 13.3. The van der Waals surface area contributed by atoms with Crippen LogP contribution >= 0.6 is 0 Å². The smallest absolute Gasteiger partial charge is 0.312 e. The average molecular weight is 275 g/mol. The number of nitrogens with zero attached hydrogens (tertiary/aromatic N) is 4. The molecule has 0 bridgehead atoms. The van der Waals surface area contributed by atoms with Crippen LogP contribution in [0.2, 0.25) is 0 Å². The Hall–Kier alpha value is -2.20. The maximum atomic E-state index is 13.3. The van der Waals surface area contributed by atoms with E-state index in [2.05, 4.69) is 20.9 Å². The van der Waals surface area contributed by atoms with E-state index in [-0.39, 0.29) is 11.9 Å². The minimum atomic E-state index is -0.894. The highest BCUT2D eigenvalue weighted by Crippen LogP contribution is 2.44. The number of aliphatic hydroxyl groups is 1. The lowest BCUT2D eigenvalue weighted by molar-refractivity contribution is 0.104. The third kappa shape index (κ3) is 1.72. The molecule has 0 aliphatic heterocycles. The van der Waals surface area contributed by atoms with Gasteiger partial charge >= 0.3 is 6.08 Å². The van der Waals surface area contributed by atoms with Gasteiger partial charge in [0.1, 0.15) is 5.52 Å². The molecule has 2 aromatic heterocycles. The van der Waals surface area contributed by atoms with E-state index in [0.29, 0.717) is 24.0 Å². The quantitative estimate of drug-likeness (QED) is 0.595. The number of fused-ring (bicyclic) bond motifs is 1. The minimum Gasteiger partial charge on any atom is -0.391 e. The fourth-order valence-corrected chi connectivity index (χ4v) is 2.77. The van der Waals surface area contributed by atoms with Crippen molar-refractivity contribution in [2.45, 2.75) is 31.9 Å². The first-order valence-electron chi connectivity index (χ1n) is 6.26. The Bertz CT molecular complexity index is 721. The van der Waals surface area contributed by atoms with Crippen LogP contribution in [0.15, 0.2) is 6.33 Å². The molecule has 3 atom stereocenters. The Morgan fingerprint density at radius 2 is 2.35 bits per heavy atom. The first-order chi connectivity index (χ1) is 9.44. The summed E-state index contributed by atoms with van der Waals surface area (Å²) in [6.07, 6.45) is 6.57. The highest BCUT2D eigenvalue weighted by Gasteiger charge is 2.43. The molecule has 0 amide bonds. The number of hydrogen-bond acceptors (Lipinski definition) is 5. The summed E-state index contributed by atoms with van der Waals surface area (Å²) in [5.41, 5.74) is 5.71. The number of nitrogens with two attached hydrogens (primary N) is 1. The van der Waals surface area contributed by atoms with Gasteiger partial charge in [-0.05, 0) is 19.8 Å². The van der Waals surface area contributed by atoms with Crippen molar-refractivity contribution in [3.05, 3.63) is 12.4 Å². The lowest BCUT2D eigenvalue weighted by Crippen LogP contribution is -2.23. The fraction of sp³-hybridized carbons (Fsp3) is 0.462. The molecule has 1 fully saturated rings. The molecule has 1 saturated carbocycles. The molecule has 1 aliphatic rings. The van der Waals surface area contributed by atoms with Gasteiger partial charge in [-0.2, -0.15) is 14.4 Å². The third-order valence-corrected chi connectivity index (χ3v) is 4.03. The number of terminal acetylenes is 1. The zero-order valence-electron chi connectivity index (χ0n) is 10.9.